The highest BCUT2D eigenvalue weighted by Gasteiger charge is 2.10. The number of hydrogen-bond donors (Lipinski definition) is 2. The predicted molar refractivity (Wildman–Crippen MR) is 87.6 cm³/mol. The molecule has 0 spiro atoms. The fourth-order valence-electron chi connectivity index (χ4n) is 2.06. The van der Waals surface area contributed by atoms with Crippen molar-refractivity contribution in [1.82, 2.24) is 0 Å². The van der Waals surface area contributed by atoms with E-state index in [0.717, 1.165) is 26.4 Å². The van der Waals surface area contributed by atoms with Gasteiger partial charge in [-0.05, 0) is 51.4 Å². The van der Waals surface area contributed by atoms with E-state index in [1.807, 2.05) is 0 Å². The molecule has 136 valence electrons. The summed E-state index contributed by atoms with van der Waals surface area (Å²) in [5.74, 6) is -2.17. The summed E-state index contributed by atoms with van der Waals surface area (Å²) >= 11 is 0. The van der Waals surface area contributed by atoms with Gasteiger partial charge in [0.2, 0.25) is 0 Å². The van der Waals surface area contributed by atoms with Gasteiger partial charge in [-0.2, -0.15) is 0 Å². The summed E-state index contributed by atoms with van der Waals surface area (Å²) in [6.45, 7) is 5.57. The molecular weight excluding hydrogens is 300 g/mol. The summed E-state index contributed by atoms with van der Waals surface area (Å²) < 4.78 is 10.1. The van der Waals surface area contributed by atoms with E-state index in [0.29, 0.717) is 12.8 Å². The van der Waals surface area contributed by atoms with Crippen molar-refractivity contribution in [2.45, 2.75) is 64.7 Å². The fraction of sp³-hybridized carbons (Fsp3) is 0.882. The van der Waals surface area contributed by atoms with Crippen molar-refractivity contribution in [2.75, 3.05) is 26.4 Å². The Morgan fingerprint density at radius 3 is 1.52 bits per heavy atom. The van der Waals surface area contributed by atoms with Crippen LogP contribution in [0.3, 0.4) is 0 Å². The van der Waals surface area contributed by atoms with Gasteiger partial charge in [0, 0.05) is 32.8 Å². The first-order valence-electron chi connectivity index (χ1n) is 8.64. The van der Waals surface area contributed by atoms with Crippen molar-refractivity contribution < 1.29 is 29.3 Å². The lowest BCUT2D eigenvalue weighted by atomic mass is 10.1. The molecule has 2 heterocycles. The van der Waals surface area contributed by atoms with E-state index in [1.54, 1.807) is 6.92 Å². The van der Waals surface area contributed by atoms with Crippen LogP contribution in [-0.2, 0) is 19.1 Å². The van der Waals surface area contributed by atoms with Crippen LogP contribution in [0.2, 0.25) is 0 Å². The largest absolute Gasteiger partial charge is 0.481 e. The molecule has 2 rings (SSSR count). The SMILES string of the molecule is C1CCOCC1.C1CCOCC1.CC(CCCC(=O)O)C(=O)O. The highest BCUT2D eigenvalue weighted by atomic mass is 16.5. The molecule has 6 nitrogen and oxygen atoms in total. The zero-order valence-electron chi connectivity index (χ0n) is 14.3. The molecule has 1 unspecified atom stereocenters. The molecule has 1 atom stereocenters. The Bertz CT molecular complexity index is 262. The number of hydrogen-bond acceptors (Lipinski definition) is 4. The van der Waals surface area contributed by atoms with Crippen molar-refractivity contribution in [2.24, 2.45) is 5.92 Å². The molecule has 0 saturated carbocycles. The second-order valence-electron chi connectivity index (χ2n) is 5.87. The van der Waals surface area contributed by atoms with Crippen LogP contribution in [0.25, 0.3) is 0 Å². The Labute approximate surface area is 139 Å². The lowest BCUT2D eigenvalue weighted by Crippen LogP contribution is -2.09. The minimum Gasteiger partial charge on any atom is -0.481 e. The summed E-state index contributed by atoms with van der Waals surface area (Å²) in [6, 6.07) is 0. The van der Waals surface area contributed by atoms with Crippen molar-refractivity contribution in [3.05, 3.63) is 0 Å². The van der Waals surface area contributed by atoms with Crippen molar-refractivity contribution in [1.29, 1.82) is 0 Å². The third-order valence-electron chi connectivity index (χ3n) is 3.60. The Balaban J connectivity index is 0.000000339. The second-order valence-corrected chi connectivity index (χ2v) is 5.87. The van der Waals surface area contributed by atoms with Gasteiger partial charge in [-0.25, -0.2) is 0 Å². The summed E-state index contributed by atoms with van der Waals surface area (Å²) in [5, 5.41) is 16.6. The first-order valence-corrected chi connectivity index (χ1v) is 8.64. The summed E-state index contributed by atoms with van der Waals surface area (Å²) in [5.41, 5.74) is 0. The van der Waals surface area contributed by atoms with Crippen LogP contribution in [0, 0.1) is 5.92 Å². The molecule has 0 amide bonds. The average molecular weight is 332 g/mol. The molecule has 23 heavy (non-hydrogen) atoms. The molecule has 6 heteroatoms. The smallest absolute Gasteiger partial charge is 0.306 e. The van der Waals surface area contributed by atoms with Crippen LogP contribution in [0.15, 0.2) is 0 Å². The Morgan fingerprint density at radius 2 is 1.30 bits per heavy atom. The van der Waals surface area contributed by atoms with Gasteiger partial charge in [0.15, 0.2) is 0 Å². The van der Waals surface area contributed by atoms with Crippen LogP contribution in [0.1, 0.15) is 64.7 Å². The maximum absolute atomic E-state index is 10.2. The average Bonchev–Trinajstić information content (AvgIpc) is 2.58. The molecule has 2 aliphatic rings. The van der Waals surface area contributed by atoms with Gasteiger partial charge in [-0.15, -0.1) is 0 Å². The quantitative estimate of drug-likeness (QED) is 0.802. The molecule has 2 fully saturated rings. The van der Waals surface area contributed by atoms with Gasteiger partial charge in [0.1, 0.15) is 0 Å². The normalized spacial score (nSPS) is 18.5. The van der Waals surface area contributed by atoms with Gasteiger partial charge in [-0.3, -0.25) is 9.59 Å². The topological polar surface area (TPSA) is 93.1 Å². The number of rotatable bonds is 5. The standard InChI is InChI=1S/C7H12O4.2C5H10O/c1-5(7(10)11)3-2-4-6(8)9;2*1-2-4-6-5-3-1/h5H,2-4H2,1H3,(H,8,9)(H,10,11);2*1-5H2. The van der Waals surface area contributed by atoms with Crippen LogP contribution < -0.4 is 0 Å². The van der Waals surface area contributed by atoms with E-state index in [2.05, 4.69) is 0 Å². The molecular formula is C17H32O6. The van der Waals surface area contributed by atoms with E-state index in [4.69, 9.17) is 19.7 Å². The molecule has 2 saturated heterocycles. The van der Waals surface area contributed by atoms with E-state index in [-0.39, 0.29) is 6.42 Å². The highest BCUT2D eigenvalue weighted by Crippen LogP contribution is 2.07. The van der Waals surface area contributed by atoms with Gasteiger partial charge < -0.3 is 19.7 Å². The predicted octanol–water partition coefficient (Wildman–Crippen LogP) is 3.34. The van der Waals surface area contributed by atoms with Crippen LogP contribution in [0.4, 0.5) is 0 Å². The number of carboxylic acid groups (broad SMARTS) is 2. The van der Waals surface area contributed by atoms with E-state index >= 15 is 0 Å². The summed E-state index contributed by atoms with van der Waals surface area (Å²) in [7, 11) is 0. The summed E-state index contributed by atoms with van der Waals surface area (Å²) in [6.07, 6.45) is 8.78. The highest BCUT2D eigenvalue weighted by molar-refractivity contribution is 5.69. The minimum atomic E-state index is -0.873. The third-order valence-corrected chi connectivity index (χ3v) is 3.60. The van der Waals surface area contributed by atoms with E-state index < -0.39 is 17.9 Å². The zero-order valence-corrected chi connectivity index (χ0v) is 14.3. The maximum Gasteiger partial charge on any atom is 0.306 e. The number of ether oxygens (including phenoxy) is 2. The van der Waals surface area contributed by atoms with E-state index in [9.17, 15) is 9.59 Å². The maximum atomic E-state index is 10.2. The molecule has 2 N–H and O–H groups in total. The van der Waals surface area contributed by atoms with Gasteiger partial charge in [-0.1, -0.05) is 6.92 Å². The van der Waals surface area contributed by atoms with Crippen molar-refractivity contribution in [3.8, 4) is 0 Å². The lowest BCUT2D eigenvalue weighted by Gasteiger charge is -2.08. The molecule has 0 aromatic heterocycles. The Hall–Kier alpha value is -1.14. The third kappa shape index (κ3) is 17.1. The molecule has 0 aromatic carbocycles. The Morgan fingerprint density at radius 1 is 0.870 bits per heavy atom. The van der Waals surface area contributed by atoms with Crippen LogP contribution >= 0.6 is 0 Å². The zero-order chi connectivity index (χ0) is 17.3. The first kappa shape index (κ1) is 21.9. The van der Waals surface area contributed by atoms with E-state index in [1.165, 1.54) is 38.5 Å². The van der Waals surface area contributed by atoms with Gasteiger partial charge >= 0.3 is 11.9 Å². The first-order chi connectivity index (χ1) is 11.0. The number of carboxylic acids is 2. The summed E-state index contributed by atoms with van der Waals surface area (Å²) in [4.78, 5) is 20.2. The van der Waals surface area contributed by atoms with Gasteiger partial charge in [0.25, 0.3) is 0 Å². The van der Waals surface area contributed by atoms with Gasteiger partial charge in [0.05, 0.1) is 5.92 Å². The second kappa shape index (κ2) is 15.7. The molecule has 0 aliphatic carbocycles. The molecule has 0 radical (unpaired) electrons. The fourth-order valence-corrected chi connectivity index (χ4v) is 2.06. The molecule has 2 aliphatic heterocycles. The monoisotopic (exact) mass is 332 g/mol. The van der Waals surface area contributed by atoms with Crippen LogP contribution in [0.5, 0.6) is 0 Å². The van der Waals surface area contributed by atoms with Crippen molar-refractivity contribution >= 4 is 11.9 Å². The lowest BCUT2D eigenvalue weighted by molar-refractivity contribution is -0.142. The minimum absolute atomic E-state index is 0.0532. The van der Waals surface area contributed by atoms with Crippen molar-refractivity contribution in [3.63, 3.8) is 0 Å². The molecule has 0 bridgehead atoms. The number of carbonyl (C=O) groups is 2. The Kier molecular flexibility index (Phi) is 15.0. The molecule has 0 aromatic rings. The van der Waals surface area contributed by atoms with Crippen LogP contribution in [-0.4, -0.2) is 48.6 Å². The number of aliphatic carboxylic acids is 2.